The van der Waals surface area contributed by atoms with Crippen molar-refractivity contribution in [1.29, 1.82) is 0 Å². The Kier molecular flexibility index (Phi) is 4.90. The van der Waals surface area contributed by atoms with Crippen LogP contribution in [0, 0.1) is 18.7 Å². The molecule has 90 valence electrons. The molecule has 0 amide bonds. The zero-order chi connectivity index (χ0) is 12.1. The molecule has 1 aromatic carbocycles. The molecule has 1 aromatic rings. The zero-order valence-corrected chi connectivity index (χ0v) is 10.1. The van der Waals surface area contributed by atoms with Crippen molar-refractivity contribution >= 4 is 0 Å². The van der Waals surface area contributed by atoms with Crippen LogP contribution in [-0.4, -0.2) is 18.2 Å². The molecule has 0 saturated heterocycles. The number of hydrogen-bond donors (Lipinski definition) is 2. The molecule has 0 fully saturated rings. The summed E-state index contributed by atoms with van der Waals surface area (Å²) >= 11 is 0. The van der Waals surface area contributed by atoms with E-state index in [1.165, 1.54) is 12.1 Å². The third-order valence-corrected chi connectivity index (χ3v) is 2.34. The van der Waals surface area contributed by atoms with E-state index in [2.05, 4.69) is 19.2 Å². The predicted octanol–water partition coefficient (Wildman–Crippen LogP) is 2.41. The Balaban J connectivity index is 2.55. The van der Waals surface area contributed by atoms with E-state index in [0.29, 0.717) is 18.0 Å². The van der Waals surface area contributed by atoms with E-state index in [0.717, 1.165) is 12.1 Å². The molecule has 0 spiro atoms. The van der Waals surface area contributed by atoms with Gasteiger partial charge in [-0.2, -0.15) is 0 Å². The van der Waals surface area contributed by atoms with E-state index >= 15 is 0 Å². The molecule has 0 radical (unpaired) electrons. The van der Waals surface area contributed by atoms with Crippen LogP contribution in [0.25, 0.3) is 0 Å². The van der Waals surface area contributed by atoms with Crippen molar-refractivity contribution in [3.63, 3.8) is 0 Å². The molecule has 1 unspecified atom stereocenters. The SMILES string of the molecule is Cc1cc(F)cc(C(O)CNCC(C)C)c1. The predicted molar refractivity (Wildman–Crippen MR) is 63.8 cm³/mol. The van der Waals surface area contributed by atoms with Crippen LogP contribution >= 0.6 is 0 Å². The average molecular weight is 225 g/mol. The number of aliphatic hydroxyl groups excluding tert-OH is 1. The van der Waals surface area contributed by atoms with Crippen LogP contribution in [-0.2, 0) is 0 Å². The maximum Gasteiger partial charge on any atom is 0.123 e. The third-order valence-electron chi connectivity index (χ3n) is 2.34. The average Bonchev–Trinajstić information content (AvgIpc) is 2.15. The Morgan fingerprint density at radius 2 is 1.94 bits per heavy atom. The number of rotatable bonds is 5. The minimum Gasteiger partial charge on any atom is -0.387 e. The van der Waals surface area contributed by atoms with Crippen LogP contribution in [0.4, 0.5) is 4.39 Å². The Morgan fingerprint density at radius 3 is 2.50 bits per heavy atom. The number of halogens is 1. The lowest BCUT2D eigenvalue weighted by Crippen LogP contribution is -2.25. The summed E-state index contributed by atoms with van der Waals surface area (Å²) in [5.74, 6) is 0.249. The summed E-state index contributed by atoms with van der Waals surface area (Å²) in [6, 6.07) is 4.65. The molecule has 0 saturated carbocycles. The lowest BCUT2D eigenvalue weighted by molar-refractivity contribution is 0.173. The van der Waals surface area contributed by atoms with E-state index in [9.17, 15) is 9.50 Å². The molecule has 1 atom stereocenters. The summed E-state index contributed by atoms with van der Waals surface area (Å²) in [6.07, 6.45) is -0.645. The van der Waals surface area contributed by atoms with Gasteiger partial charge in [0.15, 0.2) is 0 Å². The monoisotopic (exact) mass is 225 g/mol. The molecule has 0 heterocycles. The molecule has 1 rings (SSSR count). The Labute approximate surface area is 96.5 Å². The van der Waals surface area contributed by atoms with E-state index < -0.39 is 6.10 Å². The zero-order valence-electron chi connectivity index (χ0n) is 10.1. The van der Waals surface area contributed by atoms with Crippen LogP contribution in [0.1, 0.15) is 31.1 Å². The van der Waals surface area contributed by atoms with Gasteiger partial charge >= 0.3 is 0 Å². The fraction of sp³-hybridized carbons (Fsp3) is 0.538. The van der Waals surface area contributed by atoms with E-state index in [4.69, 9.17) is 0 Å². The summed E-state index contributed by atoms with van der Waals surface area (Å²) in [7, 11) is 0. The largest absolute Gasteiger partial charge is 0.387 e. The van der Waals surface area contributed by atoms with Gasteiger partial charge in [-0.1, -0.05) is 19.9 Å². The number of nitrogens with one attached hydrogen (secondary N) is 1. The summed E-state index contributed by atoms with van der Waals surface area (Å²) in [5, 5.41) is 13.0. The van der Waals surface area contributed by atoms with Gasteiger partial charge in [-0.05, 0) is 42.6 Å². The maximum atomic E-state index is 13.1. The molecule has 0 aromatic heterocycles. The lowest BCUT2D eigenvalue weighted by atomic mass is 10.1. The number of aryl methyl sites for hydroxylation is 1. The van der Waals surface area contributed by atoms with Crippen molar-refractivity contribution in [3.05, 3.63) is 35.1 Å². The number of hydrogen-bond acceptors (Lipinski definition) is 2. The second kappa shape index (κ2) is 5.97. The van der Waals surface area contributed by atoms with E-state index in [1.807, 2.05) is 13.0 Å². The quantitative estimate of drug-likeness (QED) is 0.806. The van der Waals surface area contributed by atoms with E-state index in [-0.39, 0.29) is 5.82 Å². The van der Waals surface area contributed by atoms with Gasteiger partial charge in [0.05, 0.1) is 6.10 Å². The van der Waals surface area contributed by atoms with Gasteiger partial charge in [0, 0.05) is 6.54 Å². The molecule has 2 nitrogen and oxygen atoms in total. The van der Waals surface area contributed by atoms with Gasteiger partial charge in [0.25, 0.3) is 0 Å². The summed E-state index contributed by atoms with van der Waals surface area (Å²) in [5.41, 5.74) is 1.46. The topological polar surface area (TPSA) is 32.3 Å². The van der Waals surface area contributed by atoms with Crippen molar-refractivity contribution in [1.82, 2.24) is 5.32 Å². The van der Waals surface area contributed by atoms with Gasteiger partial charge < -0.3 is 10.4 Å². The first-order valence-electron chi connectivity index (χ1n) is 5.65. The Bertz CT molecular complexity index is 318. The van der Waals surface area contributed by atoms with Gasteiger partial charge in [-0.25, -0.2) is 4.39 Å². The smallest absolute Gasteiger partial charge is 0.123 e. The minimum absolute atomic E-state index is 0.294. The lowest BCUT2D eigenvalue weighted by Gasteiger charge is -2.14. The number of benzene rings is 1. The van der Waals surface area contributed by atoms with Crippen LogP contribution in [0.2, 0.25) is 0 Å². The van der Waals surface area contributed by atoms with E-state index in [1.54, 1.807) is 0 Å². The third kappa shape index (κ3) is 4.29. The van der Waals surface area contributed by atoms with Crippen LogP contribution in [0.3, 0.4) is 0 Å². The molecular weight excluding hydrogens is 205 g/mol. The first-order valence-corrected chi connectivity index (χ1v) is 5.65. The fourth-order valence-corrected chi connectivity index (χ4v) is 1.58. The molecule has 16 heavy (non-hydrogen) atoms. The molecule has 3 heteroatoms. The van der Waals surface area contributed by atoms with Crippen molar-refractivity contribution in [3.8, 4) is 0 Å². The van der Waals surface area contributed by atoms with Crippen molar-refractivity contribution < 1.29 is 9.50 Å². The molecular formula is C13H20FNO. The standard InChI is InChI=1S/C13H20FNO/c1-9(2)7-15-8-13(16)11-4-10(3)5-12(14)6-11/h4-6,9,13,15-16H,7-8H2,1-3H3. The molecule has 0 aliphatic heterocycles. The first kappa shape index (κ1) is 13.1. The summed E-state index contributed by atoms with van der Waals surface area (Å²) in [4.78, 5) is 0. The maximum absolute atomic E-state index is 13.1. The summed E-state index contributed by atoms with van der Waals surface area (Å²) < 4.78 is 13.1. The summed E-state index contributed by atoms with van der Waals surface area (Å²) in [6.45, 7) is 7.34. The van der Waals surface area contributed by atoms with Crippen LogP contribution in [0.5, 0.6) is 0 Å². The molecule has 2 N–H and O–H groups in total. The normalized spacial score (nSPS) is 13.1. The van der Waals surface area contributed by atoms with Crippen molar-refractivity contribution in [2.24, 2.45) is 5.92 Å². The number of aliphatic hydroxyl groups is 1. The highest BCUT2D eigenvalue weighted by molar-refractivity contribution is 5.25. The van der Waals surface area contributed by atoms with Crippen LogP contribution < -0.4 is 5.32 Å². The van der Waals surface area contributed by atoms with Gasteiger partial charge in [0.2, 0.25) is 0 Å². The molecule has 0 bridgehead atoms. The molecule has 0 aliphatic carbocycles. The Hall–Kier alpha value is -0.930. The van der Waals surface area contributed by atoms with Crippen molar-refractivity contribution in [2.75, 3.05) is 13.1 Å². The minimum atomic E-state index is -0.645. The second-order valence-electron chi connectivity index (χ2n) is 4.63. The van der Waals surface area contributed by atoms with Gasteiger partial charge in [0.1, 0.15) is 5.82 Å². The van der Waals surface area contributed by atoms with Crippen LogP contribution in [0.15, 0.2) is 18.2 Å². The molecule has 0 aliphatic rings. The second-order valence-corrected chi connectivity index (χ2v) is 4.63. The highest BCUT2D eigenvalue weighted by atomic mass is 19.1. The first-order chi connectivity index (χ1) is 7.49. The highest BCUT2D eigenvalue weighted by Gasteiger charge is 2.09. The fourth-order valence-electron chi connectivity index (χ4n) is 1.58. The van der Waals surface area contributed by atoms with Crippen molar-refractivity contribution in [2.45, 2.75) is 26.9 Å². The van der Waals surface area contributed by atoms with Gasteiger partial charge in [-0.3, -0.25) is 0 Å². The van der Waals surface area contributed by atoms with Gasteiger partial charge in [-0.15, -0.1) is 0 Å². The Morgan fingerprint density at radius 1 is 1.25 bits per heavy atom. The highest BCUT2D eigenvalue weighted by Crippen LogP contribution is 2.15.